The molecule has 10 nitrogen and oxygen atoms in total. The summed E-state index contributed by atoms with van der Waals surface area (Å²) in [6.07, 6.45) is 2.48. The first-order chi connectivity index (χ1) is 22.8. The highest BCUT2D eigenvalue weighted by Crippen LogP contribution is 2.19. The zero-order valence-corrected chi connectivity index (χ0v) is 26.5. The molecule has 3 aromatic rings. The molecule has 3 aromatic carbocycles. The van der Waals surface area contributed by atoms with E-state index in [0.717, 1.165) is 11.1 Å². The van der Waals surface area contributed by atoms with Crippen molar-refractivity contribution in [2.24, 2.45) is 5.92 Å². The summed E-state index contributed by atoms with van der Waals surface area (Å²) in [5.41, 5.74) is 2.37. The smallest absolute Gasteiger partial charge is 0.408 e. The van der Waals surface area contributed by atoms with E-state index < -0.39 is 36.0 Å². The van der Waals surface area contributed by atoms with Crippen LogP contribution in [0, 0.1) is 5.92 Å². The fraction of sp³-hybridized carbons (Fsp3) is 0.297. The van der Waals surface area contributed by atoms with Gasteiger partial charge in [-0.1, -0.05) is 103 Å². The molecule has 0 heterocycles. The second-order valence-corrected chi connectivity index (χ2v) is 10.8. The molecule has 0 aliphatic rings. The predicted molar refractivity (Wildman–Crippen MR) is 179 cm³/mol. The van der Waals surface area contributed by atoms with Crippen LogP contribution in [-0.4, -0.2) is 59.7 Å². The fourth-order valence-electron chi connectivity index (χ4n) is 4.79. The van der Waals surface area contributed by atoms with Crippen LogP contribution in [-0.2, 0) is 37.0 Å². The Kier molecular flexibility index (Phi) is 15.4. The van der Waals surface area contributed by atoms with E-state index in [1.807, 2.05) is 66.7 Å². The number of aliphatic hydroxyl groups excluding tert-OH is 1. The molecule has 3 N–H and O–H groups in total. The molecule has 47 heavy (non-hydrogen) atoms. The van der Waals surface area contributed by atoms with Crippen molar-refractivity contribution in [2.75, 3.05) is 19.8 Å². The average Bonchev–Trinajstić information content (AvgIpc) is 3.09. The number of nitrogens with one attached hydrogen (secondary N) is 2. The molecule has 0 aromatic heterocycles. The lowest BCUT2D eigenvalue weighted by atomic mass is 9.97. The third kappa shape index (κ3) is 12.6. The van der Waals surface area contributed by atoms with Crippen LogP contribution in [0.1, 0.15) is 42.0 Å². The zero-order valence-electron chi connectivity index (χ0n) is 26.5. The van der Waals surface area contributed by atoms with Crippen LogP contribution in [0.4, 0.5) is 4.79 Å². The number of benzene rings is 3. The van der Waals surface area contributed by atoms with Gasteiger partial charge in [0, 0.05) is 19.5 Å². The number of carbonyl (C=O) groups excluding carboxylic acids is 4. The second kappa shape index (κ2) is 20.0. The molecule has 0 spiro atoms. The topological polar surface area (TPSA) is 134 Å². The third-order valence-corrected chi connectivity index (χ3v) is 7.28. The van der Waals surface area contributed by atoms with Crippen LogP contribution in [0.3, 0.4) is 0 Å². The van der Waals surface area contributed by atoms with Crippen molar-refractivity contribution in [2.45, 2.75) is 44.5 Å². The third-order valence-electron chi connectivity index (χ3n) is 7.28. The van der Waals surface area contributed by atoms with Gasteiger partial charge in [0.1, 0.15) is 19.3 Å². The molecule has 3 atom stereocenters. The Labute approximate surface area is 276 Å². The molecule has 0 bridgehead atoms. The van der Waals surface area contributed by atoms with E-state index in [0.29, 0.717) is 12.1 Å². The molecule has 3 amide bonds. The highest BCUT2D eigenvalue weighted by atomic mass is 16.6. The minimum absolute atomic E-state index is 0.0308. The molecular formula is C37H43N3O7. The molecule has 0 saturated heterocycles. The monoisotopic (exact) mass is 641 g/mol. The Balaban J connectivity index is 1.66. The van der Waals surface area contributed by atoms with Gasteiger partial charge in [0.15, 0.2) is 0 Å². The van der Waals surface area contributed by atoms with Gasteiger partial charge in [0.05, 0.1) is 18.6 Å². The standard InChI is InChI=1S/C37H43N3O7/c1-3-14-31(24-34(42)40(22-23-41)25-28-16-8-5-9-17-28)35(43)38-33(30-20-12-7-13-21-30)27-46-36(44)32(15-4-2)39-37(45)47-26-29-18-10-6-11-19-29/h3-13,16-21,31-33,41H,1-2,14-15,22-27H2,(H,38,43)(H,39,45)/t31-,32-,33-/m1/s1. The Morgan fingerprint density at radius 2 is 1.38 bits per heavy atom. The lowest BCUT2D eigenvalue weighted by Crippen LogP contribution is -2.43. The number of ether oxygens (including phenoxy) is 2. The summed E-state index contributed by atoms with van der Waals surface area (Å²) in [7, 11) is 0. The summed E-state index contributed by atoms with van der Waals surface area (Å²) in [6, 6.07) is 25.7. The van der Waals surface area contributed by atoms with Gasteiger partial charge in [-0.05, 0) is 29.5 Å². The summed E-state index contributed by atoms with van der Waals surface area (Å²) in [6.45, 7) is 7.42. The van der Waals surface area contributed by atoms with Crippen LogP contribution in [0.15, 0.2) is 116 Å². The first kappa shape index (κ1) is 36.3. The number of hydrogen-bond acceptors (Lipinski definition) is 7. The highest BCUT2D eigenvalue weighted by Gasteiger charge is 2.28. The number of esters is 1. The van der Waals surface area contributed by atoms with Crippen molar-refractivity contribution >= 4 is 23.9 Å². The Morgan fingerprint density at radius 3 is 1.98 bits per heavy atom. The Bertz CT molecular complexity index is 1430. The molecule has 0 radical (unpaired) electrons. The number of hydrogen-bond donors (Lipinski definition) is 3. The molecule has 0 aliphatic heterocycles. The molecule has 0 unspecified atom stereocenters. The maximum atomic E-state index is 13.6. The van der Waals surface area contributed by atoms with Crippen molar-refractivity contribution in [1.29, 1.82) is 0 Å². The van der Waals surface area contributed by atoms with Crippen LogP contribution in [0.5, 0.6) is 0 Å². The van der Waals surface area contributed by atoms with Gasteiger partial charge in [-0.15, -0.1) is 13.2 Å². The number of carbonyl (C=O) groups is 4. The maximum absolute atomic E-state index is 13.6. The first-order valence-corrected chi connectivity index (χ1v) is 15.5. The fourth-order valence-corrected chi connectivity index (χ4v) is 4.79. The van der Waals surface area contributed by atoms with Crippen molar-refractivity contribution < 1.29 is 33.8 Å². The van der Waals surface area contributed by atoms with Gasteiger partial charge >= 0.3 is 12.1 Å². The van der Waals surface area contributed by atoms with Gasteiger partial charge in [-0.25, -0.2) is 9.59 Å². The minimum atomic E-state index is -1.06. The summed E-state index contributed by atoms with van der Waals surface area (Å²) in [5.74, 6) is -2.19. The maximum Gasteiger partial charge on any atom is 0.408 e. The quantitative estimate of drug-likeness (QED) is 0.126. The number of allylic oxidation sites excluding steroid dienone is 1. The van der Waals surface area contributed by atoms with E-state index in [1.54, 1.807) is 30.3 Å². The van der Waals surface area contributed by atoms with Gasteiger partial charge < -0.3 is 30.1 Å². The lowest BCUT2D eigenvalue weighted by molar-refractivity contribution is -0.147. The number of aliphatic hydroxyl groups is 1. The molecule has 248 valence electrons. The van der Waals surface area contributed by atoms with E-state index in [4.69, 9.17) is 9.47 Å². The molecule has 0 fully saturated rings. The molecule has 3 rings (SSSR count). The summed E-state index contributed by atoms with van der Waals surface area (Å²) in [5, 5.41) is 15.0. The summed E-state index contributed by atoms with van der Waals surface area (Å²) in [4.78, 5) is 54.0. The lowest BCUT2D eigenvalue weighted by Gasteiger charge is -2.26. The highest BCUT2D eigenvalue weighted by molar-refractivity contribution is 5.86. The first-order valence-electron chi connectivity index (χ1n) is 15.5. The largest absolute Gasteiger partial charge is 0.462 e. The minimum Gasteiger partial charge on any atom is -0.462 e. The Hall–Kier alpha value is -5.22. The van der Waals surface area contributed by atoms with E-state index in [9.17, 15) is 24.3 Å². The molecule has 0 saturated carbocycles. The van der Waals surface area contributed by atoms with Gasteiger partial charge in [0.2, 0.25) is 11.8 Å². The number of nitrogens with zero attached hydrogens (tertiary/aromatic N) is 1. The SMILES string of the molecule is C=CC[C@H](CC(=O)N(CCO)Cc1ccccc1)C(=O)N[C@H](COC(=O)[C@@H](CC=C)NC(=O)OCc1ccccc1)c1ccccc1. The molecular weight excluding hydrogens is 598 g/mol. The van der Waals surface area contributed by atoms with Crippen LogP contribution < -0.4 is 10.6 Å². The van der Waals surface area contributed by atoms with Gasteiger partial charge in [-0.3, -0.25) is 9.59 Å². The van der Waals surface area contributed by atoms with Gasteiger partial charge in [-0.2, -0.15) is 0 Å². The predicted octanol–water partition coefficient (Wildman–Crippen LogP) is 4.86. The summed E-state index contributed by atoms with van der Waals surface area (Å²) < 4.78 is 10.8. The Morgan fingerprint density at radius 1 is 0.787 bits per heavy atom. The van der Waals surface area contributed by atoms with Crippen LogP contribution in [0.2, 0.25) is 0 Å². The van der Waals surface area contributed by atoms with E-state index in [2.05, 4.69) is 23.8 Å². The van der Waals surface area contributed by atoms with Crippen molar-refractivity contribution in [3.05, 3.63) is 133 Å². The van der Waals surface area contributed by atoms with Crippen molar-refractivity contribution in [3.63, 3.8) is 0 Å². The number of alkyl carbamates (subject to hydrolysis) is 1. The van der Waals surface area contributed by atoms with E-state index in [1.165, 1.54) is 11.0 Å². The van der Waals surface area contributed by atoms with E-state index >= 15 is 0 Å². The number of rotatable bonds is 19. The zero-order chi connectivity index (χ0) is 33.9. The normalized spacial score (nSPS) is 12.4. The average molecular weight is 642 g/mol. The van der Waals surface area contributed by atoms with Crippen molar-refractivity contribution in [3.8, 4) is 0 Å². The van der Waals surface area contributed by atoms with E-state index in [-0.39, 0.29) is 51.5 Å². The molecule has 0 aliphatic carbocycles. The second-order valence-electron chi connectivity index (χ2n) is 10.8. The van der Waals surface area contributed by atoms with Crippen LogP contribution in [0.25, 0.3) is 0 Å². The molecule has 10 heteroatoms. The summed E-state index contributed by atoms with van der Waals surface area (Å²) >= 11 is 0. The van der Waals surface area contributed by atoms with Crippen LogP contribution >= 0.6 is 0 Å². The van der Waals surface area contributed by atoms with Gasteiger partial charge in [0.25, 0.3) is 0 Å². The number of amides is 3. The van der Waals surface area contributed by atoms with Crippen molar-refractivity contribution in [1.82, 2.24) is 15.5 Å².